The Morgan fingerprint density at radius 1 is 1.12 bits per heavy atom. The summed E-state index contributed by atoms with van der Waals surface area (Å²) in [4.78, 5) is 2.27. The molecule has 0 bridgehead atoms. The Labute approximate surface area is 102 Å². The summed E-state index contributed by atoms with van der Waals surface area (Å²) in [6.07, 6.45) is -0.194. The van der Waals surface area contributed by atoms with Crippen molar-refractivity contribution in [2.75, 3.05) is 13.2 Å². The van der Waals surface area contributed by atoms with Crippen LogP contribution in [0.4, 0.5) is 0 Å². The Morgan fingerprint density at radius 3 is 2.50 bits per heavy atom. The normalized spacial score (nSPS) is 11.4. The molecule has 2 rings (SSSR count). The molecule has 0 N–H and O–H groups in total. The molecule has 0 radical (unpaired) electrons. The van der Waals surface area contributed by atoms with Crippen molar-refractivity contribution < 1.29 is 9.47 Å². The predicted octanol–water partition coefficient (Wildman–Crippen LogP) is 2.97. The third kappa shape index (κ3) is 2.38. The standard InChI is InChI=1S/C13H16O2Se/c1-3-14-13(15-4-2)11-9-16-12-8-6-5-7-10(11)12/h5-9,13H,3-4H2,1-2H3. The zero-order chi connectivity index (χ0) is 11.4. The number of hydrogen-bond donors (Lipinski definition) is 0. The van der Waals surface area contributed by atoms with E-state index in [1.807, 2.05) is 13.8 Å². The van der Waals surface area contributed by atoms with Crippen LogP contribution in [0.25, 0.3) is 9.65 Å². The summed E-state index contributed by atoms with van der Waals surface area (Å²) in [6, 6.07) is 8.51. The molecule has 0 aliphatic rings. The SMILES string of the molecule is CCOC(OCC)c1c[se]c2ccccc12. The molecule has 0 aliphatic heterocycles. The Morgan fingerprint density at radius 2 is 1.81 bits per heavy atom. The Kier molecular flexibility index (Phi) is 4.19. The van der Waals surface area contributed by atoms with Gasteiger partial charge in [-0.05, 0) is 0 Å². The summed E-state index contributed by atoms with van der Waals surface area (Å²) in [7, 11) is 0. The zero-order valence-corrected chi connectivity index (χ0v) is 11.3. The molecule has 0 amide bonds. The van der Waals surface area contributed by atoms with Crippen LogP contribution in [-0.2, 0) is 9.47 Å². The molecular formula is C13H16O2Se. The van der Waals surface area contributed by atoms with Crippen LogP contribution in [0.2, 0.25) is 0 Å². The van der Waals surface area contributed by atoms with Gasteiger partial charge in [-0.15, -0.1) is 0 Å². The van der Waals surface area contributed by atoms with Gasteiger partial charge in [0.15, 0.2) is 0 Å². The third-order valence-electron chi connectivity index (χ3n) is 2.40. The quantitative estimate of drug-likeness (QED) is 0.620. The molecule has 0 atom stereocenters. The molecule has 0 spiro atoms. The van der Waals surface area contributed by atoms with E-state index < -0.39 is 0 Å². The summed E-state index contributed by atoms with van der Waals surface area (Å²) >= 11 is 0.429. The van der Waals surface area contributed by atoms with E-state index in [-0.39, 0.29) is 6.29 Å². The summed E-state index contributed by atoms with van der Waals surface area (Å²) < 4.78 is 12.7. The van der Waals surface area contributed by atoms with Crippen LogP contribution in [-0.4, -0.2) is 27.7 Å². The molecule has 16 heavy (non-hydrogen) atoms. The molecule has 0 aliphatic carbocycles. The molecule has 2 aromatic rings. The van der Waals surface area contributed by atoms with Crippen LogP contribution in [0.15, 0.2) is 29.2 Å². The topological polar surface area (TPSA) is 18.5 Å². The Balaban J connectivity index is 2.36. The average Bonchev–Trinajstić information content (AvgIpc) is 2.72. The van der Waals surface area contributed by atoms with Gasteiger partial charge < -0.3 is 0 Å². The Bertz CT molecular complexity index is 444. The van der Waals surface area contributed by atoms with Crippen molar-refractivity contribution in [2.45, 2.75) is 20.1 Å². The second-order valence-corrected chi connectivity index (χ2v) is 5.34. The van der Waals surface area contributed by atoms with E-state index in [0.29, 0.717) is 27.7 Å². The van der Waals surface area contributed by atoms with Crippen molar-refractivity contribution in [3.63, 3.8) is 0 Å². The van der Waals surface area contributed by atoms with Crippen molar-refractivity contribution in [2.24, 2.45) is 0 Å². The monoisotopic (exact) mass is 284 g/mol. The van der Waals surface area contributed by atoms with Gasteiger partial charge in [0.2, 0.25) is 0 Å². The number of benzene rings is 1. The summed E-state index contributed by atoms with van der Waals surface area (Å²) in [5.74, 6) is 0. The van der Waals surface area contributed by atoms with Gasteiger partial charge in [0.25, 0.3) is 0 Å². The van der Waals surface area contributed by atoms with Gasteiger partial charge in [0.1, 0.15) is 0 Å². The van der Waals surface area contributed by atoms with Crippen LogP contribution in [0.3, 0.4) is 0 Å². The van der Waals surface area contributed by atoms with E-state index in [1.54, 1.807) is 0 Å². The van der Waals surface area contributed by atoms with Crippen molar-refractivity contribution in [1.82, 2.24) is 0 Å². The predicted molar refractivity (Wildman–Crippen MR) is 66.9 cm³/mol. The van der Waals surface area contributed by atoms with E-state index in [2.05, 4.69) is 29.2 Å². The number of rotatable bonds is 5. The van der Waals surface area contributed by atoms with Crippen LogP contribution < -0.4 is 0 Å². The van der Waals surface area contributed by atoms with E-state index in [0.717, 1.165) is 0 Å². The zero-order valence-electron chi connectivity index (χ0n) is 9.60. The number of ether oxygens (including phenoxy) is 2. The van der Waals surface area contributed by atoms with Crippen LogP contribution in [0.1, 0.15) is 25.7 Å². The van der Waals surface area contributed by atoms with Gasteiger partial charge in [0.05, 0.1) is 0 Å². The fraction of sp³-hybridized carbons (Fsp3) is 0.385. The van der Waals surface area contributed by atoms with Crippen molar-refractivity contribution in [3.8, 4) is 0 Å². The fourth-order valence-corrected chi connectivity index (χ4v) is 3.73. The van der Waals surface area contributed by atoms with Gasteiger partial charge in [-0.1, -0.05) is 0 Å². The molecule has 86 valence electrons. The molecule has 3 heteroatoms. The van der Waals surface area contributed by atoms with E-state index in [1.165, 1.54) is 15.2 Å². The van der Waals surface area contributed by atoms with E-state index in [4.69, 9.17) is 9.47 Å². The van der Waals surface area contributed by atoms with Gasteiger partial charge in [-0.3, -0.25) is 0 Å². The number of hydrogen-bond acceptors (Lipinski definition) is 2. The second kappa shape index (κ2) is 5.65. The maximum atomic E-state index is 5.64. The maximum absolute atomic E-state index is 5.64. The molecule has 2 nitrogen and oxygen atoms in total. The van der Waals surface area contributed by atoms with Gasteiger partial charge in [-0.2, -0.15) is 0 Å². The first kappa shape index (κ1) is 11.9. The average molecular weight is 283 g/mol. The van der Waals surface area contributed by atoms with Gasteiger partial charge >= 0.3 is 102 Å². The van der Waals surface area contributed by atoms with E-state index >= 15 is 0 Å². The molecule has 0 saturated heterocycles. The third-order valence-corrected chi connectivity index (χ3v) is 4.46. The second-order valence-electron chi connectivity index (χ2n) is 3.43. The summed E-state index contributed by atoms with van der Waals surface area (Å²) in [6.45, 7) is 5.35. The fourth-order valence-electron chi connectivity index (χ4n) is 1.71. The van der Waals surface area contributed by atoms with Crippen LogP contribution in [0.5, 0.6) is 0 Å². The molecule has 1 aromatic carbocycles. The van der Waals surface area contributed by atoms with Gasteiger partial charge in [-0.25, -0.2) is 0 Å². The minimum atomic E-state index is -0.194. The minimum absolute atomic E-state index is 0.194. The van der Waals surface area contributed by atoms with Gasteiger partial charge in [0, 0.05) is 0 Å². The molecule has 0 saturated carbocycles. The van der Waals surface area contributed by atoms with Crippen molar-refractivity contribution in [1.29, 1.82) is 0 Å². The first-order valence-electron chi connectivity index (χ1n) is 5.56. The van der Waals surface area contributed by atoms with Crippen molar-refractivity contribution >= 4 is 24.1 Å². The molecular weight excluding hydrogens is 267 g/mol. The Hall–Kier alpha value is -0.601. The number of fused-ring (bicyclic) bond motifs is 1. The molecule has 1 heterocycles. The summed E-state index contributed by atoms with van der Waals surface area (Å²) in [5.41, 5.74) is 1.21. The van der Waals surface area contributed by atoms with Crippen molar-refractivity contribution in [3.05, 3.63) is 34.8 Å². The molecule has 0 fully saturated rings. The van der Waals surface area contributed by atoms with Crippen LogP contribution >= 0.6 is 0 Å². The summed E-state index contributed by atoms with van der Waals surface area (Å²) in [5, 5.41) is 1.30. The molecule has 1 aromatic heterocycles. The first-order chi connectivity index (χ1) is 7.86. The van der Waals surface area contributed by atoms with Crippen LogP contribution in [0, 0.1) is 0 Å². The molecule has 0 unspecified atom stereocenters. The first-order valence-corrected chi connectivity index (χ1v) is 7.40. The van der Waals surface area contributed by atoms with E-state index in [9.17, 15) is 0 Å².